The van der Waals surface area contributed by atoms with Gasteiger partial charge in [-0.25, -0.2) is 9.97 Å². The summed E-state index contributed by atoms with van der Waals surface area (Å²) in [4.78, 5) is 24.9. The highest BCUT2D eigenvalue weighted by molar-refractivity contribution is 5.72. The summed E-state index contributed by atoms with van der Waals surface area (Å²) < 4.78 is 43.8. The van der Waals surface area contributed by atoms with Crippen LogP contribution in [0.25, 0.3) is 11.3 Å². The van der Waals surface area contributed by atoms with Crippen molar-refractivity contribution < 1.29 is 32.9 Å². The molecule has 8 nitrogen and oxygen atoms in total. The third kappa shape index (κ3) is 6.28. The molecule has 0 bridgehead atoms. The lowest BCUT2D eigenvalue weighted by molar-refractivity contribution is -0.159. The van der Waals surface area contributed by atoms with Crippen LogP contribution in [0, 0.1) is 18.8 Å². The number of carbonyl (C=O) groups excluding carboxylic acids is 1. The first-order valence-electron chi connectivity index (χ1n) is 12.2. The normalized spacial score (nSPS) is 19.4. The van der Waals surface area contributed by atoms with Crippen LogP contribution in [0.1, 0.15) is 49.4 Å². The zero-order chi connectivity index (χ0) is 27.5. The zero-order valence-corrected chi connectivity index (χ0v) is 21.0. The molecule has 11 heteroatoms. The van der Waals surface area contributed by atoms with Gasteiger partial charge in [0.15, 0.2) is 6.79 Å². The van der Waals surface area contributed by atoms with E-state index < -0.39 is 30.1 Å². The fourth-order valence-electron chi connectivity index (χ4n) is 4.81. The molecule has 202 valence electrons. The summed E-state index contributed by atoms with van der Waals surface area (Å²) in [5.41, 5.74) is 0.517. The molecule has 3 aromatic rings. The minimum absolute atomic E-state index is 0.0211. The first-order chi connectivity index (χ1) is 18.0. The number of aromatic nitrogens is 3. The number of aliphatic hydroxyl groups is 2. The number of nitrogens with zero attached hydrogens (tertiary/aromatic N) is 3. The predicted octanol–water partition coefficient (Wildman–Crippen LogP) is 5.12. The summed E-state index contributed by atoms with van der Waals surface area (Å²) in [7, 11) is 0. The van der Waals surface area contributed by atoms with Crippen molar-refractivity contribution in [1.29, 1.82) is 0 Å². The minimum atomic E-state index is -4.48. The van der Waals surface area contributed by atoms with E-state index in [4.69, 9.17) is 9.84 Å². The molecule has 0 amide bonds. The van der Waals surface area contributed by atoms with E-state index in [1.54, 1.807) is 31.3 Å². The lowest BCUT2D eigenvalue weighted by atomic mass is 9.73. The van der Waals surface area contributed by atoms with Gasteiger partial charge in [0.25, 0.3) is 0 Å². The Kier molecular flexibility index (Phi) is 7.98. The van der Waals surface area contributed by atoms with Crippen molar-refractivity contribution in [3.63, 3.8) is 0 Å². The largest absolute Gasteiger partial charge is 0.438 e. The van der Waals surface area contributed by atoms with Gasteiger partial charge >= 0.3 is 12.1 Å². The fourth-order valence-corrected chi connectivity index (χ4v) is 4.81. The number of pyridine rings is 3. The second kappa shape index (κ2) is 11.0. The SMILES string of the molecule is Cc1cc(Nc2cc(C(F)(F)F)ccn2)nc(-c2ccc([C@](C)(O)C3CCC(C(=O)OCO)CC3)nc2)c1. The molecule has 0 radical (unpaired) electrons. The van der Waals surface area contributed by atoms with Crippen LogP contribution in [0.15, 0.2) is 48.8 Å². The molecule has 1 saturated carbocycles. The van der Waals surface area contributed by atoms with Crippen molar-refractivity contribution in [2.45, 2.75) is 51.3 Å². The van der Waals surface area contributed by atoms with Crippen molar-refractivity contribution in [1.82, 2.24) is 15.0 Å². The Morgan fingerprint density at radius 2 is 1.82 bits per heavy atom. The Bertz CT molecular complexity index is 1270. The molecular formula is C27H29F3N4O4. The van der Waals surface area contributed by atoms with Gasteiger partial charge < -0.3 is 20.3 Å². The van der Waals surface area contributed by atoms with Crippen LogP contribution >= 0.6 is 0 Å². The highest BCUT2D eigenvalue weighted by Gasteiger charge is 2.39. The molecule has 0 aromatic carbocycles. The number of nitrogens with one attached hydrogen (secondary N) is 1. The highest BCUT2D eigenvalue weighted by atomic mass is 19.4. The smallest absolute Gasteiger partial charge is 0.416 e. The van der Waals surface area contributed by atoms with Crippen molar-refractivity contribution in [2.24, 2.45) is 11.8 Å². The third-order valence-electron chi connectivity index (χ3n) is 6.95. The van der Waals surface area contributed by atoms with Crippen LogP contribution < -0.4 is 5.32 Å². The molecule has 3 N–H and O–H groups in total. The summed E-state index contributed by atoms with van der Waals surface area (Å²) in [5.74, 6) is -0.457. The van der Waals surface area contributed by atoms with E-state index in [1.807, 2.05) is 13.0 Å². The quantitative estimate of drug-likeness (QED) is 0.285. The number of esters is 1. The van der Waals surface area contributed by atoms with Crippen LogP contribution in [-0.2, 0) is 21.3 Å². The summed E-state index contributed by atoms with van der Waals surface area (Å²) in [6, 6.07) is 8.86. The molecule has 1 atom stereocenters. The van der Waals surface area contributed by atoms with Gasteiger partial charge in [-0.3, -0.25) is 9.78 Å². The molecule has 38 heavy (non-hydrogen) atoms. The van der Waals surface area contributed by atoms with Gasteiger partial charge in [-0.15, -0.1) is 0 Å². The van der Waals surface area contributed by atoms with Gasteiger partial charge in [-0.2, -0.15) is 13.2 Å². The Morgan fingerprint density at radius 1 is 1.08 bits per heavy atom. The fraction of sp³-hybridized carbons (Fsp3) is 0.407. The number of rotatable bonds is 7. The molecule has 0 saturated heterocycles. The Labute approximate surface area is 217 Å². The van der Waals surface area contributed by atoms with Gasteiger partial charge in [-0.1, -0.05) is 0 Å². The average molecular weight is 531 g/mol. The van der Waals surface area contributed by atoms with Gasteiger partial charge in [0, 0.05) is 18.0 Å². The first-order valence-corrected chi connectivity index (χ1v) is 12.2. The number of ether oxygens (including phenoxy) is 1. The lowest BCUT2D eigenvalue weighted by Crippen LogP contribution is -2.37. The zero-order valence-electron chi connectivity index (χ0n) is 21.0. The molecule has 1 aliphatic rings. The van der Waals surface area contributed by atoms with Gasteiger partial charge in [0.1, 0.15) is 17.2 Å². The van der Waals surface area contributed by atoms with Crippen LogP contribution in [0.2, 0.25) is 0 Å². The second-order valence-electron chi connectivity index (χ2n) is 9.69. The monoisotopic (exact) mass is 530 g/mol. The maximum Gasteiger partial charge on any atom is 0.416 e. The summed E-state index contributed by atoms with van der Waals surface area (Å²) >= 11 is 0. The molecule has 3 aromatic heterocycles. The summed E-state index contributed by atoms with van der Waals surface area (Å²) in [5, 5.41) is 22.9. The van der Waals surface area contributed by atoms with E-state index in [1.165, 1.54) is 0 Å². The molecule has 0 unspecified atom stereocenters. The van der Waals surface area contributed by atoms with Crippen LogP contribution in [0.4, 0.5) is 24.8 Å². The Morgan fingerprint density at radius 3 is 2.45 bits per heavy atom. The molecular weight excluding hydrogens is 501 g/mol. The molecule has 1 fully saturated rings. The van der Waals surface area contributed by atoms with Crippen molar-refractivity contribution in [2.75, 3.05) is 12.1 Å². The maximum absolute atomic E-state index is 13.0. The number of alkyl halides is 3. The maximum atomic E-state index is 13.0. The number of hydrogen-bond donors (Lipinski definition) is 3. The van der Waals surface area contributed by atoms with E-state index in [0.717, 1.165) is 23.9 Å². The summed E-state index contributed by atoms with van der Waals surface area (Å²) in [6.07, 6.45) is 0.540. The van der Waals surface area contributed by atoms with Crippen molar-refractivity contribution in [3.8, 4) is 11.3 Å². The highest BCUT2D eigenvalue weighted by Crippen LogP contribution is 2.41. The lowest BCUT2D eigenvalue weighted by Gasteiger charge is -2.37. The number of aryl methyl sites for hydroxylation is 1. The molecule has 0 spiro atoms. The van der Waals surface area contributed by atoms with Gasteiger partial charge in [-0.05, 0) is 87.4 Å². The molecule has 3 heterocycles. The number of hydrogen-bond acceptors (Lipinski definition) is 8. The third-order valence-corrected chi connectivity index (χ3v) is 6.95. The number of anilines is 2. The van der Waals surface area contributed by atoms with E-state index >= 15 is 0 Å². The number of aliphatic hydroxyl groups excluding tert-OH is 1. The van der Waals surface area contributed by atoms with Gasteiger partial charge in [0.2, 0.25) is 0 Å². The van der Waals surface area contributed by atoms with Gasteiger partial charge in [0.05, 0.1) is 22.9 Å². The van der Waals surface area contributed by atoms with E-state index in [0.29, 0.717) is 48.5 Å². The average Bonchev–Trinajstić information content (AvgIpc) is 2.88. The van der Waals surface area contributed by atoms with Crippen molar-refractivity contribution >= 4 is 17.6 Å². The Hall–Kier alpha value is -3.57. The van der Waals surface area contributed by atoms with Crippen LogP contribution in [0.5, 0.6) is 0 Å². The first kappa shape index (κ1) is 27.5. The van der Waals surface area contributed by atoms with E-state index in [-0.39, 0.29) is 17.7 Å². The van der Waals surface area contributed by atoms with Crippen molar-refractivity contribution in [3.05, 3.63) is 65.6 Å². The number of halogens is 3. The number of carbonyl (C=O) groups is 1. The second-order valence-corrected chi connectivity index (χ2v) is 9.69. The minimum Gasteiger partial charge on any atom is -0.438 e. The summed E-state index contributed by atoms with van der Waals surface area (Å²) in [6.45, 7) is 2.92. The Balaban J connectivity index is 1.48. The topological polar surface area (TPSA) is 117 Å². The standard InChI is InChI=1S/C27H29F3N4O4/c1-16-11-21(33-24(12-16)34-23-13-20(9-10-31-23)27(28,29)30)18-5-8-22(32-14-18)26(2,37)19-6-3-17(4-7-19)25(36)38-15-35/h5,8-14,17,19,35,37H,3-4,6-7,15H2,1-2H3,(H,31,33,34)/t17?,19?,26-/m1/s1. The van der Waals surface area contributed by atoms with E-state index in [2.05, 4.69) is 20.3 Å². The van der Waals surface area contributed by atoms with Crippen LogP contribution in [-0.4, -0.2) is 37.9 Å². The molecule has 1 aliphatic carbocycles. The van der Waals surface area contributed by atoms with Crippen LogP contribution in [0.3, 0.4) is 0 Å². The van der Waals surface area contributed by atoms with E-state index in [9.17, 15) is 23.1 Å². The predicted molar refractivity (Wildman–Crippen MR) is 133 cm³/mol. The molecule has 4 rings (SSSR count). The molecule has 0 aliphatic heterocycles.